The van der Waals surface area contributed by atoms with E-state index in [-0.39, 0.29) is 0 Å². The Morgan fingerprint density at radius 3 is 1.41 bits per heavy atom. The highest BCUT2D eigenvalue weighted by atomic mass is 35.5. The fourth-order valence-electron chi connectivity index (χ4n) is 5.82. The minimum Gasteiger partial charge on any atom is -0.480 e. The van der Waals surface area contributed by atoms with E-state index >= 15 is 0 Å². The van der Waals surface area contributed by atoms with Gasteiger partial charge in [-0.05, 0) is 106 Å². The Bertz CT molecular complexity index is 2190. The fraction of sp³-hybridized carbons (Fsp3) is 0.0426. The first kappa shape index (κ1) is 36.2. The van der Waals surface area contributed by atoms with Crippen molar-refractivity contribution in [1.29, 1.82) is 0 Å². The van der Waals surface area contributed by atoms with Crippen LogP contribution < -0.4 is 14.2 Å². The number of carboxylic acids is 1. The van der Waals surface area contributed by atoms with Crippen molar-refractivity contribution in [2.45, 2.75) is 4.90 Å². The van der Waals surface area contributed by atoms with E-state index in [1.54, 1.807) is 23.9 Å². The topological polar surface area (TPSA) is 65.0 Å². The van der Waals surface area contributed by atoms with Gasteiger partial charge < -0.3 is 19.3 Å². The molecule has 0 heterocycles. The highest BCUT2D eigenvalue weighted by Crippen LogP contribution is 2.34. The van der Waals surface area contributed by atoms with E-state index in [0.29, 0.717) is 16.5 Å². The van der Waals surface area contributed by atoms with Crippen LogP contribution in [0.5, 0.6) is 28.7 Å². The van der Waals surface area contributed by atoms with Crippen molar-refractivity contribution in [3.05, 3.63) is 198 Å². The Kier molecular flexibility index (Phi) is 11.7. The smallest absolute Gasteiger partial charge is 0.341 e. The van der Waals surface area contributed by atoms with Gasteiger partial charge in [-0.15, -0.1) is 11.8 Å². The number of carboxylic acid groups (broad SMARTS) is 1. The van der Waals surface area contributed by atoms with Gasteiger partial charge in [-0.25, -0.2) is 4.79 Å². The highest BCUT2D eigenvalue weighted by Gasteiger charge is 2.10. The second-order valence-electron chi connectivity index (χ2n) is 12.2. The summed E-state index contributed by atoms with van der Waals surface area (Å²) in [6, 6.07) is 58.4. The molecule has 0 fully saturated rings. The first-order chi connectivity index (χ1) is 26.5. The Hall–Kier alpha value is -6.21. The molecule has 7 rings (SSSR count). The first-order valence-corrected chi connectivity index (χ1v) is 18.7. The number of aliphatic carboxylic acids is 1. The predicted octanol–water partition coefficient (Wildman–Crippen LogP) is 12.9. The lowest BCUT2D eigenvalue weighted by Gasteiger charge is -2.13. The maximum Gasteiger partial charge on any atom is 0.341 e. The number of rotatable bonds is 14. The van der Waals surface area contributed by atoms with E-state index in [1.165, 1.54) is 0 Å². The van der Waals surface area contributed by atoms with Gasteiger partial charge in [-0.2, -0.15) is 0 Å². The molecule has 0 saturated carbocycles. The Balaban J connectivity index is 1.10. The zero-order valence-electron chi connectivity index (χ0n) is 29.1. The lowest BCUT2D eigenvalue weighted by molar-refractivity contribution is -0.139. The lowest BCUT2D eigenvalue weighted by atomic mass is 9.94. The molecule has 0 atom stereocenters. The number of hydrogen-bond acceptors (Lipinski definition) is 5. The molecule has 0 radical (unpaired) electrons. The van der Waals surface area contributed by atoms with Crippen LogP contribution in [0.1, 0.15) is 11.1 Å². The number of halogens is 1. The van der Waals surface area contributed by atoms with Gasteiger partial charge in [0.25, 0.3) is 0 Å². The van der Waals surface area contributed by atoms with Crippen LogP contribution in [-0.4, -0.2) is 23.4 Å². The molecule has 0 amide bonds. The van der Waals surface area contributed by atoms with E-state index in [2.05, 4.69) is 78.9 Å². The van der Waals surface area contributed by atoms with Crippen LogP contribution in [0.3, 0.4) is 0 Å². The van der Waals surface area contributed by atoms with Gasteiger partial charge in [0, 0.05) is 10.6 Å². The van der Waals surface area contributed by atoms with Crippen molar-refractivity contribution in [2.75, 3.05) is 12.4 Å². The zero-order chi connectivity index (χ0) is 37.1. The molecular weight excluding hydrogens is 712 g/mol. The van der Waals surface area contributed by atoms with Gasteiger partial charge in [-0.3, -0.25) is 0 Å². The van der Waals surface area contributed by atoms with Crippen LogP contribution in [0.2, 0.25) is 5.02 Å². The van der Waals surface area contributed by atoms with Gasteiger partial charge >= 0.3 is 5.97 Å². The van der Waals surface area contributed by atoms with E-state index in [1.807, 2.05) is 91.0 Å². The second-order valence-corrected chi connectivity index (χ2v) is 13.7. The minimum absolute atomic E-state index is 0.344. The second kappa shape index (κ2) is 17.5. The van der Waals surface area contributed by atoms with Gasteiger partial charge in [0.15, 0.2) is 6.61 Å². The van der Waals surface area contributed by atoms with Crippen LogP contribution in [0.15, 0.2) is 187 Å². The van der Waals surface area contributed by atoms with E-state index < -0.39 is 12.6 Å². The molecule has 5 nitrogen and oxygen atoms in total. The van der Waals surface area contributed by atoms with Crippen molar-refractivity contribution in [3.8, 4) is 51.0 Å². The van der Waals surface area contributed by atoms with Crippen LogP contribution >= 0.6 is 23.4 Å². The molecule has 7 aromatic carbocycles. The number of ether oxygens (including phenoxy) is 3. The summed E-state index contributed by atoms with van der Waals surface area (Å²) in [4.78, 5) is 11.9. The first-order valence-electron chi connectivity index (χ1n) is 17.3. The highest BCUT2D eigenvalue weighted by molar-refractivity contribution is 7.99. The number of thioether (sulfide) groups is 1. The van der Waals surface area contributed by atoms with Crippen LogP contribution in [-0.2, 0) is 4.79 Å². The molecule has 54 heavy (non-hydrogen) atoms. The Morgan fingerprint density at radius 2 is 0.981 bits per heavy atom. The monoisotopic (exact) mass is 746 g/mol. The van der Waals surface area contributed by atoms with E-state index in [9.17, 15) is 4.79 Å². The molecule has 0 aliphatic heterocycles. The molecular formula is C47H35ClO5S. The standard InChI is InChI=1S/C47H35ClO5S/c48-45-31-43(27-28-46(45)51-32-47(49)50)54-30-29-44(37-15-11-33(12-16-37)35-19-23-41(24-20-35)52-39-7-3-1-4-8-39)38-17-13-34(14-18-38)36-21-25-42(26-22-36)53-40-9-5-2-6-10-40/h1-29,31H,30,32H2,(H,49,50). The van der Waals surface area contributed by atoms with Crippen molar-refractivity contribution < 1.29 is 24.1 Å². The summed E-state index contributed by atoms with van der Waals surface area (Å²) < 4.78 is 17.3. The average molecular weight is 747 g/mol. The third-order valence-electron chi connectivity index (χ3n) is 8.52. The van der Waals surface area contributed by atoms with Crippen LogP contribution in [0.25, 0.3) is 27.8 Å². The number of benzene rings is 7. The minimum atomic E-state index is -1.05. The molecule has 7 aromatic rings. The molecule has 7 heteroatoms. The summed E-state index contributed by atoms with van der Waals surface area (Å²) in [5.41, 5.74) is 7.69. The van der Waals surface area contributed by atoms with E-state index in [0.717, 1.165) is 66.8 Å². The molecule has 0 aliphatic rings. The predicted molar refractivity (Wildman–Crippen MR) is 219 cm³/mol. The third kappa shape index (κ3) is 9.61. The summed E-state index contributed by atoms with van der Waals surface area (Å²) in [5, 5.41) is 9.32. The summed E-state index contributed by atoms with van der Waals surface area (Å²) >= 11 is 8.04. The molecule has 0 spiro atoms. The number of carbonyl (C=O) groups is 1. The summed E-state index contributed by atoms with van der Waals surface area (Å²) in [5.74, 6) is 3.14. The summed E-state index contributed by atoms with van der Waals surface area (Å²) in [6.45, 7) is -0.447. The maximum atomic E-state index is 10.9. The Labute approximate surface area is 324 Å². The quantitative estimate of drug-likeness (QED) is 0.112. The van der Waals surface area contributed by atoms with Gasteiger partial charge in [0.1, 0.15) is 28.7 Å². The SMILES string of the molecule is O=C(O)COc1ccc(SCC=C(c2ccc(-c3ccc(Oc4ccccc4)cc3)cc2)c2ccc(-c3ccc(Oc4ccccc4)cc3)cc2)cc1Cl. The van der Waals surface area contributed by atoms with Crippen molar-refractivity contribution in [1.82, 2.24) is 0 Å². The molecule has 0 aliphatic carbocycles. The van der Waals surface area contributed by atoms with Crippen molar-refractivity contribution >= 4 is 34.9 Å². The molecule has 0 unspecified atom stereocenters. The van der Waals surface area contributed by atoms with Gasteiger partial charge in [0.05, 0.1) is 5.02 Å². The average Bonchev–Trinajstić information content (AvgIpc) is 3.21. The summed E-state index contributed by atoms with van der Waals surface area (Å²) in [6.07, 6.45) is 2.23. The number of para-hydroxylation sites is 2. The summed E-state index contributed by atoms with van der Waals surface area (Å²) in [7, 11) is 0. The number of hydrogen-bond donors (Lipinski definition) is 1. The molecule has 0 bridgehead atoms. The van der Waals surface area contributed by atoms with Gasteiger partial charge in [0.2, 0.25) is 0 Å². The largest absolute Gasteiger partial charge is 0.480 e. The molecule has 0 saturated heterocycles. The zero-order valence-corrected chi connectivity index (χ0v) is 30.7. The van der Waals surface area contributed by atoms with E-state index in [4.69, 9.17) is 30.9 Å². The van der Waals surface area contributed by atoms with Crippen molar-refractivity contribution in [3.63, 3.8) is 0 Å². The fourth-order valence-corrected chi connectivity index (χ4v) is 6.92. The molecule has 266 valence electrons. The van der Waals surface area contributed by atoms with Gasteiger partial charge in [-0.1, -0.05) is 127 Å². The van der Waals surface area contributed by atoms with Crippen molar-refractivity contribution in [2.24, 2.45) is 0 Å². The normalized spacial score (nSPS) is 10.7. The lowest BCUT2D eigenvalue weighted by Crippen LogP contribution is -2.09. The van der Waals surface area contributed by atoms with Crippen LogP contribution in [0, 0.1) is 0 Å². The maximum absolute atomic E-state index is 10.9. The Morgan fingerprint density at radius 1 is 0.556 bits per heavy atom. The third-order valence-corrected chi connectivity index (χ3v) is 9.73. The molecule has 1 N–H and O–H groups in total. The van der Waals surface area contributed by atoms with Crippen LogP contribution in [0.4, 0.5) is 0 Å². The molecule has 0 aromatic heterocycles.